The van der Waals surface area contributed by atoms with E-state index in [4.69, 9.17) is 10.5 Å². The number of hydrogen-bond donors (Lipinski definition) is 3. The van der Waals surface area contributed by atoms with E-state index in [2.05, 4.69) is 19.2 Å². The molecule has 0 aliphatic carbocycles. The van der Waals surface area contributed by atoms with Crippen LogP contribution in [0, 0.1) is 0 Å². The zero-order valence-corrected chi connectivity index (χ0v) is 9.99. The smallest absolute Gasteiger partial charge is 0.0741 e. The lowest BCUT2D eigenvalue weighted by molar-refractivity contribution is 0.0765. The van der Waals surface area contributed by atoms with Crippen LogP contribution in [0.5, 0.6) is 0 Å². The van der Waals surface area contributed by atoms with Crippen LogP contribution in [0.4, 0.5) is 0 Å². The van der Waals surface area contributed by atoms with Gasteiger partial charge in [0.15, 0.2) is 0 Å². The van der Waals surface area contributed by atoms with Gasteiger partial charge in [0, 0.05) is 19.2 Å². The molecule has 4 atom stereocenters. The molecule has 1 heterocycles. The molecule has 4 heteroatoms. The van der Waals surface area contributed by atoms with E-state index in [0.29, 0.717) is 6.54 Å². The number of ether oxygens (including phenoxy) is 1. The summed E-state index contributed by atoms with van der Waals surface area (Å²) >= 11 is 0. The highest BCUT2D eigenvalue weighted by Crippen LogP contribution is 2.25. The fourth-order valence-corrected chi connectivity index (χ4v) is 2.36. The van der Waals surface area contributed by atoms with Crippen molar-refractivity contribution in [1.82, 2.24) is 5.32 Å². The van der Waals surface area contributed by atoms with Crippen molar-refractivity contribution in [3.63, 3.8) is 0 Å². The Balaban J connectivity index is 2.52. The summed E-state index contributed by atoms with van der Waals surface area (Å²) in [5.74, 6) is 0. The first kappa shape index (κ1) is 12.9. The first-order chi connectivity index (χ1) is 7.00. The molecular formula is C11H24N2O2. The van der Waals surface area contributed by atoms with Crippen LogP contribution in [0.15, 0.2) is 0 Å². The molecule has 1 aliphatic rings. The molecule has 90 valence electrons. The molecule has 4 unspecified atom stereocenters. The summed E-state index contributed by atoms with van der Waals surface area (Å²) in [4.78, 5) is 0. The van der Waals surface area contributed by atoms with Gasteiger partial charge in [-0.05, 0) is 33.6 Å². The van der Waals surface area contributed by atoms with Gasteiger partial charge >= 0.3 is 0 Å². The third-order valence-electron chi connectivity index (χ3n) is 3.29. The molecule has 4 nitrogen and oxygen atoms in total. The molecule has 0 aromatic heterocycles. The van der Waals surface area contributed by atoms with Crippen LogP contribution in [0.25, 0.3) is 0 Å². The maximum atomic E-state index is 9.32. The van der Waals surface area contributed by atoms with Crippen molar-refractivity contribution >= 4 is 0 Å². The molecule has 1 fully saturated rings. The summed E-state index contributed by atoms with van der Waals surface area (Å²) in [5, 5.41) is 12.8. The van der Waals surface area contributed by atoms with Gasteiger partial charge < -0.3 is 20.9 Å². The predicted molar refractivity (Wildman–Crippen MR) is 60.7 cm³/mol. The molecule has 1 saturated heterocycles. The normalized spacial score (nSPS) is 35.4. The first-order valence-electron chi connectivity index (χ1n) is 5.77. The van der Waals surface area contributed by atoms with Gasteiger partial charge in [-0.3, -0.25) is 0 Å². The number of aliphatic hydroxyl groups excluding tert-OH is 1. The van der Waals surface area contributed by atoms with Gasteiger partial charge in [-0.2, -0.15) is 0 Å². The molecule has 0 bridgehead atoms. The van der Waals surface area contributed by atoms with Crippen molar-refractivity contribution in [1.29, 1.82) is 0 Å². The van der Waals surface area contributed by atoms with Crippen LogP contribution in [-0.2, 0) is 4.74 Å². The largest absolute Gasteiger partial charge is 0.393 e. The average Bonchev–Trinajstić information content (AvgIpc) is 2.47. The molecule has 0 saturated carbocycles. The number of nitrogens with one attached hydrogen (secondary N) is 1. The Hall–Kier alpha value is -0.160. The molecular weight excluding hydrogens is 192 g/mol. The minimum Gasteiger partial charge on any atom is -0.393 e. The Bertz CT molecular complexity index is 199. The minimum absolute atomic E-state index is 0.103. The average molecular weight is 216 g/mol. The third-order valence-corrected chi connectivity index (χ3v) is 3.29. The van der Waals surface area contributed by atoms with E-state index in [0.717, 1.165) is 19.4 Å². The van der Waals surface area contributed by atoms with Crippen molar-refractivity contribution in [3.05, 3.63) is 0 Å². The van der Waals surface area contributed by atoms with Crippen LogP contribution in [-0.4, -0.2) is 42.0 Å². The standard InChI is InChI=1S/C11H24N2O2/c1-8(6-9(2)14)13-11(7-12)4-5-15-10(11)3/h8-10,13-14H,4-7,12H2,1-3H3. The Labute approximate surface area is 92.2 Å². The fourth-order valence-electron chi connectivity index (χ4n) is 2.36. The Morgan fingerprint density at radius 3 is 2.67 bits per heavy atom. The van der Waals surface area contributed by atoms with E-state index >= 15 is 0 Å². The van der Waals surface area contributed by atoms with Crippen LogP contribution in [0.2, 0.25) is 0 Å². The summed E-state index contributed by atoms with van der Waals surface area (Å²) in [6.07, 6.45) is 1.57. The Morgan fingerprint density at radius 1 is 1.60 bits per heavy atom. The van der Waals surface area contributed by atoms with Crippen LogP contribution in [0.1, 0.15) is 33.6 Å². The van der Waals surface area contributed by atoms with Crippen molar-refractivity contribution < 1.29 is 9.84 Å². The van der Waals surface area contributed by atoms with Gasteiger partial charge in [0.1, 0.15) is 0 Å². The monoisotopic (exact) mass is 216 g/mol. The van der Waals surface area contributed by atoms with E-state index in [9.17, 15) is 5.11 Å². The van der Waals surface area contributed by atoms with Gasteiger partial charge in [-0.1, -0.05) is 0 Å². The van der Waals surface area contributed by atoms with Gasteiger partial charge in [-0.25, -0.2) is 0 Å². The SMILES string of the molecule is CC(O)CC(C)NC1(CN)CCOC1C. The van der Waals surface area contributed by atoms with Gasteiger partial charge in [0.2, 0.25) is 0 Å². The number of rotatable bonds is 5. The topological polar surface area (TPSA) is 67.5 Å². The molecule has 15 heavy (non-hydrogen) atoms. The van der Waals surface area contributed by atoms with Crippen LogP contribution >= 0.6 is 0 Å². The Morgan fingerprint density at radius 2 is 2.27 bits per heavy atom. The van der Waals surface area contributed by atoms with Gasteiger partial charge in [-0.15, -0.1) is 0 Å². The molecule has 1 rings (SSSR count). The van der Waals surface area contributed by atoms with Gasteiger partial charge in [0.25, 0.3) is 0 Å². The predicted octanol–water partition coefficient (Wildman–Crippen LogP) is 0.242. The third kappa shape index (κ3) is 3.14. The first-order valence-corrected chi connectivity index (χ1v) is 5.77. The molecule has 0 radical (unpaired) electrons. The number of aliphatic hydroxyl groups is 1. The van der Waals surface area contributed by atoms with E-state index in [1.54, 1.807) is 0 Å². The summed E-state index contributed by atoms with van der Waals surface area (Å²) in [7, 11) is 0. The lowest BCUT2D eigenvalue weighted by Crippen LogP contribution is -2.59. The Kier molecular flexibility index (Phi) is 4.52. The second-order valence-corrected chi connectivity index (χ2v) is 4.75. The lowest BCUT2D eigenvalue weighted by atomic mass is 9.90. The van der Waals surface area contributed by atoms with E-state index in [1.165, 1.54) is 0 Å². The summed E-state index contributed by atoms with van der Waals surface area (Å²) in [5.41, 5.74) is 5.73. The second kappa shape index (κ2) is 5.25. The fraction of sp³-hybridized carbons (Fsp3) is 1.00. The number of nitrogens with two attached hydrogens (primary N) is 1. The lowest BCUT2D eigenvalue weighted by Gasteiger charge is -2.35. The van der Waals surface area contributed by atoms with Crippen molar-refractivity contribution in [2.24, 2.45) is 5.73 Å². The highest BCUT2D eigenvalue weighted by atomic mass is 16.5. The minimum atomic E-state index is -0.278. The maximum absolute atomic E-state index is 9.32. The van der Waals surface area contributed by atoms with Gasteiger partial charge in [0.05, 0.1) is 17.7 Å². The van der Waals surface area contributed by atoms with Crippen molar-refractivity contribution in [2.45, 2.75) is 57.4 Å². The van der Waals surface area contributed by atoms with E-state index < -0.39 is 0 Å². The van der Waals surface area contributed by atoms with Crippen LogP contribution < -0.4 is 11.1 Å². The second-order valence-electron chi connectivity index (χ2n) is 4.75. The molecule has 0 aromatic carbocycles. The summed E-state index contributed by atoms with van der Waals surface area (Å²) < 4.78 is 5.56. The highest BCUT2D eigenvalue weighted by molar-refractivity contribution is 4.99. The molecule has 0 aromatic rings. The molecule has 0 spiro atoms. The van der Waals surface area contributed by atoms with Crippen molar-refractivity contribution in [3.8, 4) is 0 Å². The molecule has 4 N–H and O–H groups in total. The van der Waals surface area contributed by atoms with Crippen molar-refractivity contribution in [2.75, 3.05) is 13.2 Å². The van der Waals surface area contributed by atoms with Crippen LogP contribution in [0.3, 0.4) is 0 Å². The quantitative estimate of drug-likeness (QED) is 0.616. The number of hydrogen-bond acceptors (Lipinski definition) is 4. The molecule has 1 aliphatic heterocycles. The maximum Gasteiger partial charge on any atom is 0.0741 e. The van der Waals surface area contributed by atoms with E-state index in [1.807, 2.05) is 6.92 Å². The van der Waals surface area contributed by atoms with E-state index in [-0.39, 0.29) is 23.8 Å². The zero-order chi connectivity index (χ0) is 11.5. The summed E-state index contributed by atoms with van der Waals surface area (Å²) in [6.45, 7) is 7.30. The molecule has 0 amide bonds. The highest BCUT2D eigenvalue weighted by Gasteiger charge is 2.40. The zero-order valence-electron chi connectivity index (χ0n) is 9.99. The summed E-state index contributed by atoms with van der Waals surface area (Å²) in [6, 6.07) is 0.262.